The first-order valence-corrected chi connectivity index (χ1v) is 46.6. The van der Waals surface area contributed by atoms with Gasteiger partial charge in [-0.05, 0) is 113 Å². The maximum Gasteiger partial charge on any atom is 0.480 e. The number of aryl methyl sites for hydroxylation is 2. The van der Waals surface area contributed by atoms with Crippen molar-refractivity contribution in [1.82, 2.24) is 70.0 Å². The number of hydrogen-bond donors (Lipinski definition) is 18. The van der Waals surface area contributed by atoms with E-state index >= 15 is 0 Å². The van der Waals surface area contributed by atoms with Crippen LogP contribution >= 0.6 is 46.6 Å². The van der Waals surface area contributed by atoms with Gasteiger partial charge in [-0.3, -0.25) is 27.8 Å². The highest BCUT2D eigenvalue weighted by atomic mass is 31.3. The number of carbonyl (C=O) groups excluding carboxylic acids is 4. The molecule has 2 aromatic carbocycles. The van der Waals surface area contributed by atoms with E-state index in [-0.39, 0.29) is 108 Å². The summed E-state index contributed by atoms with van der Waals surface area (Å²) >= 11 is 0. The lowest BCUT2D eigenvalue weighted by Gasteiger charge is -2.47. The first kappa shape index (κ1) is 94.0. The van der Waals surface area contributed by atoms with E-state index in [0.29, 0.717) is 37.1 Å². The van der Waals surface area contributed by atoms with Gasteiger partial charge in [-0.1, -0.05) is 13.8 Å². The van der Waals surface area contributed by atoms with Crippen molar-refractivity contribution >= 4 is 138 Å². The third kappa shape index (κ3) is 23.3. The van der Waals surface area contributed by atoms with E-state index in [2.05, 4.69) is 128 Å². The Morgan fingerprint density at radius 3 is 1.35 bits per heavy atom. The van der Waals surface area contributed by atoms with Crippen molar-refractivity contribution in [3.8, 4) is 0 Å². The summed E-state index contributed by atoms with van der Waals surface area (Å²) in [5, 5.41) is 34.5. The standard InChI is InChI=1S/2C33H46N9O16P3/c1-17-10-25(44)55-22-12-21-19(11-20(17)22)18(2)13-33(3,4)42(21)9-5-6-24(43)35-7-8-36-32(46)57-28-23(14-54-61(52,53)58-60(50,51)40-59(47,48)49)56-31(27(28)45)41-16-39-26-29(34)37-15-38-30(26)41;1-17-10-25(44)55-22-12-21-19(11-20(17)22)18(2)13-33(3,4)42(21)9-5-6-24(43)35-7-8-36-32(46)57-28-27(45)23(14-54-61(52,53)58-60(50,51)40-59(47,48)49)56-31(28)41-16-39-26-29(34)37-15-38-30(26)41/h2*10-12,15-16,18,23,27-28,31,45H,5-9,13-14H2,1-4H3,(H,35,43)(H,36,46)(H,52,53)(H2,34,37,38)(H4,40,47,48,49,50,51)/t2*18?,23-,27-,28-,31-/m11/s1. The number of nitrogens with one attached hydrogen (secondary N) is 6. The molecule has 0 aliphatic carbocycles. The molecular formula is C66H92N18O32P6. The molecule has 14 atom stereocenters. The number of imidazole rings is 2. The minimum Gasteiger partial charge on any atom is -0.440 e. The largest absolute Gasteiger partial charge is 0.480 e. The predicted molar refractivity (Wildman–Crippen MR) is 427 cm³/mol. The van der Waals surface area contributed by atoms with Crippen LogP contribution in [0.15, 0.2) is 80.1 Å². The number of hydrogen-bond acceptors (Lipinski definition) is 34. The van der Waals surface area contributed by atoms with E-state index in [4.69, 9.17) is 63.3 Å². The van der Waals surface area contributed by atoms with Crippen LogP contribution in [-0.2, 0) is 73.6 Å². The van der Waals surface area contributed by atoms with Gasteiger partial charge in [-0.25, -0.2) is 76.5 Å². The number of nitrogens with zero attached hydrogens (tertiary/aromatic N) is 10. The van der Waals surface area contributed by atoms with E-state index in [1.54, 1.807) is 0 Å². The van der Waals surface area contributed by atoms with Crippen LogP contribution in [0.3, 0.4) is 0 Å². The molecule has 6 aromatic heterocycles. The van der Waals surface area contributed by atoms with Gasteiger partial charge in [-0.15, -0.1) is 9.72 Å². The zero-order chi connectivity index (χ0) is 89.3. The Morgan fingerprint density at radius 2 is 0.926 bits per heavy atom. The monoisotopic (exact) mass is 1830 g/mol. The van der Waals surface area contributed by atoms with Crippen molar-refractivity contribution < 1.29 is 141 Å². The number of carbonyl (C=O) groups is 4. The Labute approximate surface area is 690 Å². The van der Waals surface area contributed by atoms with Gasteiger partial charge in [0.15, 0.2) is 47.6 Å². The molecule has 0 radical (unpaired) electrons. The van der Waals surface area contributed by atoms with Gasteiger partial charge in [0.1, 0.15) is 59.3 Å². The zero-order valence-corrected chi connectivity index (χ0v) is 71.6. The third-order valence-electron chi connectivity index (χ3n) is 20.1. The van der Waals surface area contributed by atoms with Gasteiger partial charge in [0.2, 0.25) is 11.8 Å². The number of phosphoric acid groups is 2. The summed E-state index contributed by atoms with van der Waals surface area (Å²) < 4.78 is 124. The Bertz CT molecular complexity index is 5710. The number of aliphatic hydroxyl groups is 2. The van der Waals surface area contributed by atoms with Crippen molar-refractivity contribution in [3.63, 3.8) is 0 Å². The van der Waals surface area contributed by atoms with E-state index in [1.807, 2.05) is 26.0 Å². The highest BCUT2D eigenvalue weighted by molar-refractivity contribution is 7.71. The molecule has 2 fully saturated rings. The summed E-state index contributed by atoms with van der Waals surface area (Å²) in [5.74, 6) is -0.128. The van der Waals surface area contributed by atoms with Crippen LogP contribution in [0.4, 0.5) is 32.6 Å². The van der Waals surface area contributed by atoms with Gasteiger partial charge < -0.3 is 120 Å². The number of aromatic nitrogens is 8. The summed E-state index contributed by atoms with van der Waals surface area (Å²) in [5.41, 5.74) is 17.5. The fourth-order valence-corrected chi connectivity index (χ4v) is 21.9. The second-order valence-electron chi connectivity index (χ2n) is 30.2. The Morgan fingerprint density at radius 1 is 0.533 bits per heavy atom. The van der Waals surface area contributed by atoms with Crippen molar-refractivity contribution in [2.24, 2.45) is 0 Å². The lowest BCUT2D eigenvalue weighted by Crippen LogP contribution is -2.49. The van der Waals surface area contributed by atoms with Gasteiger partial charge >= 0.3 is 70.1 Å². The molecule has 56 heteroatoms. The smallest absolute Gasteiger partial charge is 0.440 e. The van der Waals surface area contributed by atoms with Crippen LogP contribution in [0.25, 0.3) is 44.3 Å². The lowest BCUT2D eigenvalue weighted by atomic mass is 9.79. The van der Waals surface area contributed by atoms with E-state index in [9.17, 15) is 85.9 Å². The summed E-state index contributed by atoms with van der Waals surface area (Å²) in [7, 11) is -33.2. The minimum absolute atomic E-state index is 0.00277. The summed E-state index contributed by atoms with van der Waals surface area (Å²) in [6, 6.07) is 10.9. The molecule has 4 aliphatic rings. The van der Waals surface area contributed by atoms with Crippen molar-refractivity contribution in [2.45, 2.75) is 166 Å². The predicted octanol–water partition coefficient (Wildman–Crippen LogP) is 3.56. The Kier molecular flexibility index (Phi) is 28.7. The first-order valence-electron chi connectivity index (χ1n) is 37.3. The molecule has 0 saturated carbocycles. The molecule has 0 spiro atoms. The Balaban J connectivity index is 0.000000238. The maximum absolute atomic E-state index is 13.0. The quantitative estimate of drug-likeness (QED) is 0.0163. The van der Waals surface area contributed by atoms with Gasteiger partial charge in [-0.2, -0.15) is 8.62 Å². The second kappa shape index (κ2) is 37.2. The molecule has 2 saturated heterocycles. The number of ether oxygens (including phenoxy) is 4. The third-order valence-corrected chi connectivity index (χ3v) is 28.6. The summed E-state index contributed by atoms with van der Waals surface area (Å²) in [6.45, 7) is 15.2. The molecule has 668 valence electrons. The number of nitrogen functional groups attached to an aromatic ring is 2. The van der Waals surface area contributed by atoms with Crippen LogP contribution in [0, 0.1) is 13.8 Å². The number of aliphatic hydroxyl groups excluding tert-OH is 2. The highest BCUT2D eigenvalue weighted by Gasteiger charge is 2.52. The van der Waals surface area contributed by atoms with Gasteiger partial charge in [0.25, 0.3) is 0 Å². The normalized spacial score (nSPS) is 23.3. The number of rotatable bonds is 32. The van der Waals surface area contributed by atoms with E-state index in [1.165, 1.54) is 33.9 Å². The minimum atomic E-state index is -5.62. The fourth-order valence-electron chi connectivity index (χ4n) is 15.0. The topological polar surface area (TPSA) is 725 Å². The van der Waals surface area contributed by atoms with Crippen LogP contribution in [-0.4, -0.2) is 213 Å². The maximum atomic E-state index is 13.0. The molecule has 50 nitrogen and oxygen atoms in total. The first-order chi connectivity index (χ1) is 56.9. The van der Waals surface area contributed by atoms with E-state index < -0.39 is 132 Å². The van der Waals surface area contributed by atoms with Crippen LogP contribution in [0.2, 0.25) is 0 Å². The second-order valence-corrected chi connectivity index (χ2v) is 39.8. The number of amides is 4. The average molecular weight is 1840 g/mol. The van der Waals surface area contributed by atoms with Crippen LogP contribution in [0.1, 0.15) is 127 Å². The molecule has 12 rings (SSSR count). The van der Waals surface area contributed by atoms with Crippen molar-refractivity contribution in [1.29, 1.82) is 0 Å². The molecule has 122 heavy (non-hydrogen) atoms. The summed E-state index contributed by atoms with van der Waals surface area (Å²) in [6.07, 6.45) is -7.52. The highest BCUT2D eigenvalue weighted by Crippen LogP contribution is 2.63. The SMILES string of the molecule is Cc1cc(=O)oc2cc3c(cc12)C(C)CC(C)(C)N3CCCC(=O)NCCNC(=O)O[C@@H]1[C@H](O)[C@@H](COP(=O)(O)OP(=O)(O)NP(=O)(O)O)O[C@H]1n1cnc2c(N)ncnc21.Cc1cc(=O)oc2cc3c(cc12)C(C)CC(C)(C)N3CCCC(=O)NCCNC(=O)O[C@H]1[C@@H](O)[C@H](n2cnc3c(N)ncnc32)O[C@@H]1COP(=O)(O)OP(=O)(O)NP(=O)(O)O. The van der Waals surface area contributed by atoms with Crippen molar-refractivity contribution in [3.05, 3.63) is 105 Å². The molecule has 4 aliphatic heterocycles. The summed E-state index contributed by atoms with van der Waals surface area (Å²) in [4.78, 5) is 181. The van der Waals surface area contributed by atoms with Crippen LogP contribution < -0.4 is 63.5 Å². The number of fused-ring (bicyclic) bond motifs is 6. The lowest BCUT2D eigenvalue weighted by molar-refractivity contribution is -0.121. The Hall–Kier alpha value is -8.70. The number of benzene rings is 2. The average Bonchev–Trinajstić information content (AvgIpc) is 1.19. The number of phosphoric ester groups is 2. The fraction of sp³-hybridized carbons (Fsp3) is 0.515. The molecule has 6 unspecified atom stereocenters. The molecule has 10 heterocycles. The number of anilines is 4. The molecule has 0 bridgehead atoms. The molecule has 4 amide bonds. The van der Waals surface area contributed by atoms with Crippen molar-refractivity contribution in [2.75, 3.05) is 73.7 Å². The van der Waals surface area contributed by atoms with Gasteiger partial charge in [0.05, 0.1) is 25.9 Å². The number of alkyl carbamates (subject to hydrolysis) is 2. The van der Waals surface area contributed by atoms with Crippen LogP contribution in [0.5, 0.6) is 0 Å². The molecular weight excluding hydrogens is 1740 g/mol. The zero-order valence-electron chi connectivity index (χ0n) is 66.2. The van der Waals surface area contributed by atoms with E-state index in [0.717, 1.165) is 79.6 Å². The molecule has 8 aromatic rings. The molecule has 20 N–H and O–H groups in total. The number of nitrogens with two attached hydrogens (primary N) is 2. The van der Waals surface area contributed by atoms with Gasteiger partial charge in [0, 0.05) is 110 Å².